The van der Waals surface area contributed by atoms with Gasteiger partial charge >= 0.3 is 5.97 Å². The second-order valence-corrected chi connectivity index (χ2v) is 6.82. The standard InChI is InChI=1S/C14H18FNO5S/c1-2-3-8-22(20,21)11-6-4-10(5-7-11)13(17)16-12(9-15)14(18)19/h4-7,12H,2-3,8-9H2,1H3,(H,16,17)(H,18,19). The molecular weight excluding hydrogens is 313 g/mol. The van der Waals surface area contributed by atoms with Crippen LogP contribution in [-0.4, -0.2) is 43.9 Å². The number of hydrogen-bond donors (Lipinski definition) is 2. The minimum Gasteiger partial charge on any atom is -0.480 e. The third-order valence-electron chi connectivity index (χ3n) is 3.00. The van der Waals surface area contributed by atoms with Gasteiger partial charge in [0.15, 0.2) is 15.9 Å². The fraction of sp³-hybridized carbons (Fsp3) is 0.429. The molecule has 22 heavy (non-hydrogen) atoms. The Morgan fingerprint density at radius 1 is 1.27 bits per heavy atom. The Labute approximate surface area is 128 Å². The van der Waals surface area contributed by atoms with Crippen molar-refractivity contribution in [2.24, 2.45) is 0 Å². The topological polar surface area (TPSA) is 101 Å². The molecule has 0 aliphatic carbocycles. The lowest BCUT2D eigenvalue weighted by atomic mass is 10.2. The molecule has 1 aromatic carbocycles. The van der Waals surface area contributed by atoms with Gasteiger partial charge in [-0.25, -0.2) is 17.6 Å². The molecule has 8 heteroatoms. The van der Waals surface area contributed by atoms with Crippen molar-refractivity contribution < 1.29 is 27.5 Å². The number of nitrogens with one attached hydrogen (secondary N) is 1. The van der Waals surface area contributed by atoms with Crippen molar-refractivity contribution in [3.8, 4) is 0 Å². The second-order valence-electron chi connectivity index (χ2n) is 4.72. The molecule has 0 aliphatic heterocycles. The van der Waals surface area contributed by atoms with E-state index in [0.717, 1.165) is 6.42 Å². The summed E-state index contributed by atoms with van der Waals surface area (Å²) >= 11 is 0. The average Bonchev–Trinajstić information content (AvgIpc) is 2.50. The monoisotopic (exact) mass is 331 g/mol. The van der Waals surface area contributed by atoms with Gasteiger partial charge in [-0.2, -0.15) is 0 Å². The number of unbranched alkanes of at least 4 members (excludes halogenated alkanes) is 1. The molecular formula is C14H18FNO5S. The number of amides is 1. The molecule has 0 heterocycles. The number of alkyl halides is 1. The van der Waals surface area contributed by atoms with Gasteiger partial charge in [-0.3, -0.25) is 4.79 Å². The zero-order valence-corrected chi connectivity index (χ0v) is 12.9. The minimum atomic E-state index is -3.39. The molecule has 0 bridgehead atoms. The van der Waals surface area contributed by atoms with Gasteiger partial charge < -0.3 is 10.4 Å². The highest BCUT2D eigenvalue weighted by Crippen LogP contribution is 2.14. The summed E-state index contributed by atoms with van der Waals surface area (Å²) in [6, 6.07) is 3.48. The summed E-state index contributed by atoms with van der Waals surface area (Å²) in [4.78, 5) is 22.5. The van der Waals surface area contributed by atoms with E-state index in [2.05, 4.69) is 0 Å². The maximum Gasteiger partial charge on any atom is 0.328 e. The van der Waals surface area contributed by atoms with E-state index in [1.54, 1.807) is 0 Å². The van der Waals surface area contributed by atoms with Crippen molar-refractivity contribution in [3.63, 3.8) is 0 Å². The SMILES string of the molecule is CCCCS(=O)(=O)c1ccc(C(=O)NC(CF)C(=O)O)cc1. The highest BCUT2D eigenvalue weighted by Gasteiger charge is 2.21. The van der Waals surface area contributed by atoms with E-state index in [9.17, 15) is 22.4 Å². The van der Waals surface area contributed by atoms with Gasteiger partial charge in [-0.15, -0.1) is 0 Å². The summed E-state index contributed by atoms with van der Waals surface area (Å²) in [6.07, 6.45) is 1.29. The Morgan fingerprint density at radius 2 is 1.86 bits per heavy atom. The van der Waals surface area contributed by atoms with Crippen LogP contribution in [0.25, 0.3) is 0 Å². The molecule has 0 aromatic heterocycles. The van der Waals surface area contributed by atoms with Crippen molar-refractivity contribution in [2.75, 3.05) is 12.4 Å². The van der Waals surface area contributed by atoms with Crippen LogP contribution in [0.5, 0.6) is 0 Å². The first-order valence-electron chi connectivity index (χ1n) is 6.74. The van der Waals surface area contributed by atoms with E-state index in [1.807, 2.05) is 12.2 Å². The van der Waals surface area contributed by atoms with Gasteiger partial charge in [0.05, 0.1) is 10.6 Å². The predicted molar refractivity (Wildman–Crippen MR) is 78.3 cm³/mol. The Morgan fingerprint density at radius 3 is 2.32 bits per heavy atom. The average molecular weight is 331 g/mol. The van der Waals surface area contributed by atoms with Crippen LogP contribution in [0.4, 0.5) is 4.39 Å². The van der Waals surface area contributed by atoms with Crippen LogP contribution in [-0.2, 0) is 14.6 Å². The maximum atomic E-state index is 12.4. The number of carbonyl (C=O) groups is 2. The van der Waals surface area contributed by atoms with E-state index in [1.165, 1.54) is 24.3 Å². The summed E-state index contributed by atoms with van der Waals surface area (Å²) < 4.78 is 36.4. The highest BCUT2D eigenvalue weighted by atomic mass is 32.2. The molecule has 6 nitrogen and oxygen atoms in total. The van der Waals surface area contributed by atoms with Crippen molar-refractivity contribution in [1.82, 2.24) is 5.32 Å². The summed E-state index contributed by atoms with van der Waals surface area (Å²) in [5, 5.41) is 10.7. The first-order chi connectivity index (χ1) is 10.3. The summed E-state index contributed by atoms with van der Waals surface area (Å²) in [6.45, 7) is 0.650. The van der Waals surface area contributed by atoms with Crippen LogP contribution in [0.1, 0.15) is 30.1 Å². The number of benzene rings is 1. The molecule has 122 valence electrons. The van der Waals surface area contributed by atoms with Crippen molar-refractivity contribution in [2.45, 2.75) is 30.7 Å². The molecule has 0 saturated carbocycles. The molecule has 1 amide bonds. The molecule has 1 unspecified atom stereocenters. The molecule has 1 aromatic rings. The zero-order valence-electron chi connectivity index (χ0n) is 12.1. The van der Waals surface area contributed by atoms with E-state index in [4.69, 9.17) is 5.11 Å². The van der Waals surface area contributed by atoms with Crippen molar-refractivity contribution >= 4 is 21.7 Å². The zero-order chi connectivity index (χ0) is 16.8. The molecule has 0 aliphatic rings. The number of hydrogen-bond acceptors (Lipinski definition) is 4. The third-order valence-corrected chi connectivity index (χ3v) is 4.82. The van der Waals surface area contributed by atoms with E-state index >= 15 is 0 Å². The number of carboxylic acid groups (broad SMARTS) is 1. The summed E-state index contributed by atoms with van der Waals surface area (Å²) in [5.41, 5.74) is 0.0640. The van der Waals surface area contributed by atoms with Gasteiger partial charge in [0.25, 0.3) is 5.91 Å². The second kappa shape index (κ2) is 7.88. The fourth-order valence-corrected chi connectivity index (χ4v) is 3.13. The fourth-order valence-electron chi connectivity index (χ4n) is 1.67. The van der Waals surface area contributed by atoms with Gasteiger partial charge in [-0.05, 0) is 30.7 Å². The molecule has 1 rings (SSSR count). The summed E-state index contributed by atoms with van der Waals surface area (Å²) in [5.74, 6) is -2.23. The van der Waals surface area contributed by atoms with Crippen LogP contribution >= 0.6 is 0 Å². The number of halogens is 1. The van der Waals surface area contributed by atoms with Crippen LogP contribution in [0.15, 0.2) is 29.2 Å². The third kappa shape index (κ3) is 4.80. The first-order valence-corrected chi connectivity index (χ1v) is 8.39. The molecule has 0 saturated heterocycles. The lowest BCUT2D eigenvalue weighted by Crippen LogP contribution is -2.42. The lowest BCUT2D eigenvalue weighted by Gasteiger charge is -2.11. The predicted octanol–water partition coefficient (Wildman–Crippen LogP) is 1.41. The molecule has 2 N–H and O–H groups in total. The smallest absolute Gasteiger partial charge is 0.328 e. The van der Waals surface area contributed by atoms with E-state index in [0.29, 0.717) is 6.42 Å². The molecule has 1 atom stereocenters. The number of carbonyl (C=O) groups excluding carboxylic acids is 1. The minimum absolute atomic E-state index is 0.0258. The van der Waals surface area contributed by atoms with Crippen LogP contribution in [0, 0.1) is 0 Å². The normalized spacial score (nSPS) is 12.6. The van der Waals surface area contributed by atoms with Crippen LogP contribution in [0.3, 0.4) is 0 Å². The largest absolute Gasteiger partial charge is 0.480 e. The Kier molecular flexibility index (Phi) is 6.48. The number of sulfone groups is 1. The highest BCUT2D eigenvalue weighted by molar-refractivity contribution is 7.91. The Hall–Kier alpha value is -1.96. The number of rotatable bonds is 8. The van der Waals surface area contributed by atoms with Crippen molar-refractivity contribution in [1.29, 1.82) is 0 Å². The Bertz CT molecular complexity index is 627. The van der Waals surface area contributed by atoms with Gasteiger partial charge in [0, 0.05) is 5.56 Å². The van der Waals surface area contributed by atoms with Gasteiger partial charge in [-0.1, -0.05) is 13.3 Å². The van der Waals surface area contributed by atoms with Crippen molar-refractivity contribution in [3.05, 3.63) is 29.8 Å². The molecule has 0 spiro atoms. The lowest BCUT2D eigenvalue weighted by molar-refractivity contribution is -0.139. The molecule has 0 radical (unpaired) electrons. The van der Waals surface area contributed by atoms with Gasteiger partial charge in [0.2, 0.25) is 0 Å². The summed E-state index contributed by atoms with van der Waals surface area (Å²) in [7, 11) is -3.39. The van der Waals surface area contributed by atoms with Crippen LogP contribution < -0.4 is 5.32 Å². The maximum absolute atomic E-state index is 12.4. The molecule has 0 fully saturated rings. The van der Waals surface area contributed by atoms with E-state index in [-0.39, 0.29) is 16.2 Å². The van der Waals surface area contributed by atoms with E-state index < -0.39 is 34.4 Å². The first kappa shape index (κ1) is 18.1. The quantitative estimate of drug-likeness (QED) is 0.750. The van der Waals surface area contributed by atoms with Crippen LogP contribution in [0.2, 0.25) is 0 Å². The van der Waals surface area contributed by atoms with Gasteiger partial charge in [0.1, 0.15) is 6.67 Å². The number of carboxylic acids is 1. The Balaban J connectivity index is 2.84. The number of aliphatic carboxylic acids is 1.